The molecule has 1 aromatic heterocycles. The lowest BCUT2D eigenvalue weighted by Gasteiger charge is -2.02. The second-order valence-electron chi connectivity index (χ2n) is 5.99. The van der Waals surface area contributed by atoms with Crippen molar-refractivity contribution in [3.63, 3.8) is 0 Å². The molecule has 128 valence electrons. The summed E-state index contributed by atoms with van der Waals surface area (Å²) in [6, 6.07) is 0. The first-order valence-corrected chi connectivity index (χ1v) is 9.07. The quantitative estimate of drug-likeness (QED) is 0.357. The van der Waals surface area contributed by atoms with Crippen molar-refractivity contribution in [3.8, 4) is 0 Å². The Balaban J connectivity index is 1.95. The summed E-state index contributed by atoms with van der Waals surface area (Å²) < 4.78 is 15.4. The molecule has 0 aliphatic carbocycles. The summed E-state index contributed by atoms with van der Waals surface area (Å²) in [7, 11) is 0. The zero-order chi connectivity index (χ0) is 15.9. The van der Waals surface area contributed by atoms with Crippen molar-refractivity contribution in [3.05, 3.63) is 18.7 Å². The molecule has 1 rings (SSSR count). The van der Waals surface area contributed by atoms with Gasteiger partial charge in [-0.3, -0.25) is 0 Å². The van der Waals surface area contributed by atoms with Gasteiger partial charge >= 0.3 is 0 Å². The maximum atomic E-state index is 5.71. The Hall–Kier alpha value is -0.870. The average molecular weight is 311 g/mol. The van der Waals surface area contributed by atoms with Crippen LogP contribution < -0.4 is 4.57 Å². The van der Waals surface area contributed by atoms with Gasteiger partial charge in [-0.15, -0.1) is 0 Å². The van der Waals surface area contributed by atoms with Crippen LogP contribution in [0.15, 0.2) is 18.7 Å². The van der Waals surface area contributed by atoms with E-state index in [1.165, 1.54) is 51.4 Å². The van der Waals surface area contributed by atoms with Gasteiger partial charge in [0.1, 0.15) is 12.4 Å². The van der Waals surface area contributed by atoms with E-state index in [0.29, 0.717) is 13.5 Å². The Morgan fingerprint density at radius 1 is 0.818 bits per heavy atom. The molecular weight excluding hydrogens is 276 g/mol. The fourth-order valence-corrected chi connectivity index (χ4v) is 2.34. The molecule has 0 spiro atoms. The van der Waals surface area contributed by atoms with Crippen molar-refractivity contribution in [1.29, 1.82) is 0 Å². The van der Waals surface area contributed by atoms with Gasteiger partial charge in [0.25, 0.3) is 0 Å². The van der Waals surface area contributed by atoms with Crippen molar-refractivity contribution in [2.75, 3.05) is 13.2 Å². The first kappa shape index (κ1) is 19.2. The van der Waals surface area contributed by atoms with Crippen molar-refractivity contribution >= 4 is 0 Å². The third kappa shape index (κ3) is 9.96. The summed E-state index contributed by atoms with van der Waals surface area (Å²) in [5.41, 5.74) is 0. The summed E-state index contributed by atoms with van der Waals surface area (Å²) in [5, 5.41) is 0. The number of hydrogen-bond acceptors (Lipinski definition) is 2. The first-order valence-electron chi connectivity index (χ1n) is 9.07. The zero-order valence-electron chi connectivity index (χ0n) is 14.6. The van der Waals surface area contributed by atoms with Gasteiger partial charge in [-0.05, 0) is 12.8 Å². The van der Waals surface area contributed by atoms with Crippen LogP contribution in [0.25, 0.3) is 0 Å². The molecule has 0 aliphatic heterocycles. The molecule has 0 atom stereocenters. The SMILES string of the molecule is CCCCCCCCCOC[n+]1ccn(COCCCC)c1. The molecule has 1 aromatic rings. The van der Waals surface area contributed by atoms with Gasteiger partial charge in [0.2, 0.25) is 6.33 Å². The number of nitrogens with zero attached hydrogens (tertiary/aromatic N) is 2. The molecule has 22 heavy (non-hydrogen) atoms. The van der Waals surface area contributed by atoms with Crippen LogP contribution in [0.2, 0.25) is 0 Å². The van der Waals surface area contributed by atoms with Crippen LogP contribution in [0.4, 0.5) is 0 Å². The molecule has 4 nitrogen and oxygen atoms in total. The van der Waals surface area contributed by atoms with Crippen LogP contribution in [0.5, 0.6) is 0 Å². The first-order chi connectivity index (χ1) is 10.9. The standard InChI is InChI=1S/C18H35N2O2/c1-3-5-7-8-9-10-11-15-22-18-20-13-12-19(16-20)17-21-14-6-4-2/h12-13,16H,3-11,14-15,17-18H2,1-2H3/q+1. The van der Waals surface area contributed by atoms with E-state index in [0.717, 1.165) is 19.6 Å². The number of imidazole rings is 1. The smallest absolute Gasteiger partial charge is 0.247 e. The van der Waals surface area contributed by atoms with Gasteiger partial charge < -0.3 is 9.47 Å². The van der Waals surface area contributed by atoms with Crippen LogP contribution in [-0.2, 0) is 22.9 Å². The predicted molar refractivity (Wildman–Crippen MR) is 89.4 cm³/mol. The van der Waals surface area contributed by atoms with Gasteiger partial charge in [0.05, 0.1) is 13.2 Å². The lowest BCUT2D eigenvalue weighted by molar-refractivity contribution is -0.732. The molecule has 0 bridgehead atoms. The highest BCUT2D eigenvalue weighted by Gasteiger charge is 2.03. The minimum Gasteiger partial charge on any atom is -0.342 e. The summed E-state index contributed by atoms with van der Waals surface area (Å²) in [6.45, 7) is 7.40. The normalized spacial score (nSPS) is 11.2. The van der Waals surface area contributed by atoms with Crippen LogP contribution in [-0.4, -0.2) is 17.8 Å². The number of ether oxygens (including phenoxy) is 2. The molecule has 4 heteroatoms. The molecule has 0 aromatic carbocycles. The van der Waals surface area contributed by atoms with Crippen LogP contribution in [0, 0.1) is 0 Å². The second-order valence-corrected chi connectivity index (χ2v) is 5.99. The Morgan fingerprint density at radius 3 is 2.27 bits per heavy atom. The monoisotopic (exact) mass is 311 g/mol. The highest BCUT2D eigenvalue weighted by Crippen LogP contribution is 2.06. The topological polar surface area (TPSA) is 27.3 Å². The average Bonchev–Trinajstić information content (AvgIpc) is 2.98. The zero-order valence-corrected chi connectivity index (χ0v) is 14.6. The van der Waals surface area contributed by atoms with Crippen molar-refractivity contribution in [1.82, 2.24) is 4.57 Å². The highest BCUT2D eigenvalue weighted by atomic mass is 16.5. The lowest BCUT2D eigenvalue weighted by atomic mass is 10.1. The molecule has 0 fully saturated rings. The molecule has 0 unspecified atom stereocenters. The van der Waals surface area contributed by atoms with Crippen molar-refractivity contribution in [2.24, 2.45) is 0 Å². The van der Waals surface area contributed by atoms with E-state index in [9.17, 15) is 0 Å². The highest BCUT2D eigenvalue weighted by molar-refractivity contribution is 4.63. The third-order valence-electron chi connectivity index (χ3n) is 3.76. The van der Waals surface area contributed by atoms with E-state index in [1.807, 2.05) is 23.3 Å². The maximum Gasteiger partial charge on any atom is 0.247 e. The Morgan fingerprint density at radius 2 is 1.50 bits per heavy atom. The van der Waals surface area contributed by atoms with E-state index in [4.69, 9.17) is 9.47 Å². The maximum absolute atomic E-state index is 5.71. The summed E-state index contributed by atoms with van der Waals surface area (Å²) in [4.78, 5) is 0. The number of rotatable bonds is 15. The largest absolute Gasteiger partial charge is 0.342 e. The molecular formula is C18H35N2O2+. The van der Waals surface area contributed by atoms with E-state index in [2.05, 4.69) is 18.4 Å². The number of unbranched alkanes of at least 4 members (excludes halogenated alkanes) is 7. The van der Waals surface area contributed by atoms with E-state index < -0.39 is 0 Å². The predicted octanol–water partition coefficient (Wildman–Crippen LogP) is 4.27. The minimum atomic E-state index is 0.630. The molecule has 0 saturated carbocycles. The van der Waals surface area contributed by atoms with Crippen LogP contribution in [0.1, 0.15) is 71.6 Å². The van der Waals surface area contributed by atoms with Gasteiger partial charge in [-0.2, -0.15) is 0 Å². The molecule has 0 N–H and O–H groups in total. The third-order valence-corrected chi connectivity index (χ3v) is 3.76. The summed E-state index contributed by atoms with van der Waals surface area (Å²) in [5.74, 6) is 0. The van der Waals surface area contributed by atoms with Gasteiger partial charge in [0.15, 0.2) is 13.5 Å². The summed E-state index contributed by atoms with van der Waals surface area (Å²) in [6.07, 6.45) is 17.7. The van der Waals surface area contributed by atoms with Gasteiger partial charge in [0, 0.05) is 0 Å². The fourth-order valence-electron chi connectivity index (χ4n) is 2.34. The Kier molecular flexibility index (Phi) is 12.0. The van der Waals surface area contributed by atoms with E-state index in [1.54, 1.807) is 0 Å². The molecule has 0 aliphatic rings. The van der Waals surface area contributed by atoms with Crippen molar-refractivity contribution in [2.45, 2.75) is 85.1 Å². The Bertz CT molecular complexity index is 353. The van der Waals surface area contributed by atoms with Crippen LogP contribution in [0.3, 0.4) is 0 Å². The number of aromatic nitrogens is 2. The molecule has 0 saturated heterocycles. The second kappa shape index (κ2) is 13.8. The van der Waals surface area contributed by atoms with Gasteiger partial charge in [-0.25, -0.2) is 9.13 Å². The summed E-state index contributed by atoms with van der Waals surface area (Å²) >= 11 is 0. The minimum absolute atomic E-state index is 0.630. The molecule has 0 radical (unpaired) electrons. The van der Waals surface area contributed by atoms with E-state index in [-0.39, 0.29) is 0 Å². The van der Waals surface area contributed by atoms with Crippen molar-refractivity contribution < 1.29 is 14.0 Å². The lowest BCUT2D eigenvalue weighted by Crippen LogP contribution is -2.32. The van der Waals surface area contributed by atoms with Crippen LogP contribution >= 0.6 is 0 Å². The molecule has 0 amide bonds. The van der Waals surface area contributed by atoms with E-state index >= 15 is 0 Å². The van der Waals surface area contributed by atoms with Gasteiger partial charge in [-0.1, -0.05) is 58.8 Å². The molecule has 1 heterocycles. The number of hydrogen-bond donors (Lipinski definition) is 0. The Labute approximate surface area is 136 Å². The fraction of sp³-hybridized carbons (Fsp3) is 0.833.